The van der Waals surface area contributed by atoms with Crippen molar-refractivity contribution < 1.29 is 14.3 Å². The molecule has 2 aromatic rings. The van der Waals surface area contributed by atoms with E-state index in [0.29, 0.717) is 22.9 Å². The number of carbonyl (C=O) groups excluding carboxylic acids is 2. The summed E-state index contributed by atoms with van der Waals surface area (Å²) in [6.07, 6.45) is 2.10. The number of hydrogen-bond donors (Lipinski definition) is 1. The number of hydrogen-bond acceptors (Lipinski definition) is 6. The van der Waals surface area contributed by atoms with Gasteiger partial charge in [-0.3, -0.25) is 4.79 Å². The summed E-state index contributed by atoms with van der Waals surface area (Å²) in [6, 6.07) is 8.13. The van der Waals surface area contributed by atoms with Gasteiger partial charge >= 0.3 is 5.97 Å². The highest BCUT2D eigenvalue weighted by molar-refractivity contribution is 6.03. The van der Waals surface area contributed by atoms with Crippen LogP contribution in [0.2, 0.25) is 0 Å². The van der Waals surface area contributed by atoms with E-state index in [2.05, 4.69) is 26.9 Å². The summed E-state index contributed by atoms with van der Waals surface area (Å²) in [5, 5.41) is 2.78. The Morgan fingerprint density at radius 2 is 1.88 bits per heavy atom. The molecule has 0 saturated heterocycles. The molecule has 0 atom stereocenters. The number of unbranched alkanes of at least 4 members (excludes halogenated alkanes) is 1. The van der Waals surface area contributed by atoms with Gasteiger partial charge < -0.3 is 15.0 Å². The van der Waals surface area contributed by atoms with Crippen LogP contribution in [0.25, 0.3) is 0 Å². The highest BCUT2D eigenvalue weighted by Crippen LogP contribution is 2.14. The SMILES string of the molecule is CCCCN(C)c1nc(C)cc(C(=O)Nc2ccc(C(=O)OC)cc2)n1. The van der Waals surface area contributed by atoms with Gasteiger partial charge in [0.05, 0.1) is 12.7 Å². The van der Waals surface area contributed by atoms with Crippen molar-refractivity contribution in [3.05, 3.63) is 47.3 Å². The molecule has 1 heterocycles. The van der Waals surface area contributed by atoms with Crippen LogP contribution < -0.4 is 10.2 Å². The number of ether oxygens (including phenoxy) is 1. The summed E-state index contributed by atoms with van der Waals surface area (Å²) in [7, 11) is 3.24. The first-order valence-electron chi connectivity index (χ1n) is 8.51. The Morgan fingerprint density at radius 3 is 2.50 bits per heavy atom. The normalized spacial score (nSPS) is 10.3. The third kappa shape index (κ3) is 5.02. The van der Waals surface area contributed by atoms with E-state index in [1.807, 2.05) is 18.9 Å². The van der Waals surface area contributed by atoms with Crippen LogP contribution in [0.5, 0.6) is 0 Å². The minimum absolute atomic E-state index is 0.299. The molecule has 138 valence electrons. The van der Waals surface area contributed by atoms with E-state index in [9.17, 15) is 9.59 Å². The fourth-order valence-electron chi connectivity index (χ4n) is 2.34. The number of aryl methyl sites for hydroxylation is 1. The molecule has 1 N–H and O–H groups in total. The van der Waals surface area contributed by atoms with Crippen LogP contribution in [0, 0.1) is 6.92 Å². The zero-order valence-corrected chi connectivity index (χ0v) is 15.6. The molecule has 0 saturated carbocycles. The van der Waals surface area contributed by atoms with Crippen LogP contribution in [0.15, 0.2) is 30.3 Å². The van der Waals surface area contributed by atoms with Crippen molar-refractivity contribution in [2.75, 3.05) is 30.9 Å². The van der Waals surface area contributed by atoms with Gasteiger partial charge in [-0.1, -0.05) is 13.3 Å². The average Bonchev–Trinajstić information content (AvgIpc) is 2.65. The zero-order chi connectivity index (χ0) is 19.1. The molecule has 2 rings (SSSR count). The molecule has 7 heteroatoms. The minimum Gasteiger partial charge on any atom is -0.465 e. The zero-order valence-electron chi connectivity index (χ0n) is 15.6. The van der Waals surface area contributed by atoms with Crippen LogP contribution in [-0.4, -0.2) is 42.5 Å². The van der Waals surface area contributed by atoms with E-state index >= 15 is 0 Å². The van der Waals surface area contributed by atoms with Gasteiger partial charge in [0.25, 0.3) is 5.91 Å². The summed E-state index contributed by atoms with van der Waals surface area (Å²) in [5.74, 6) is -0.217. The van der Waals surface area contributed by atoms with Gasteiger partial charge in [-0.15, -0.1) is 0 Å². The Balaban J connectivity index is 2.13. The Hall–Kier alpha value is -2.96. The fraction of sp³-hybridized carbons (Fsp3) is 0.368. The average molecular weight is 356 g/mol. The van der Waals surface area contributed by atoms with Crippen LogP contribution in [0.1, 0.15) is 46.3 Å². The molecule has 0 fully saturated rings. The fourth-order valence-corrected chi connectivity index (χ4v) is 2.34. The number of esters is 1. The van der Waals surface area contributed by atoms with E-state index in [1.165, 1.54) is 7.11 Å². The molecule has 0 radical (unpaired) electrons. The molecule has 0 bridgehead atoms. The Labute approximate surface area is 153 Å². The van der Waals surface area contributed by atoms with Crippen molar-refractivity contribution in [1.82, 2.24) is 9.97 Å². The maximum atomic E-state index is 12.5. The lowest BCUT2D eigenvalue weighted by molar-refractivity contribution is 0.0600. The second-order valence-electron chi connectivity index (χ2n) is 5.99. The predicted octanol–water partition coefficient (Wildman–Crippen LogP) is 3.06. The standard InChI is InChI=1S/C19H24N4O3/c1-5-6-11-23(3)19-20-13(2)12-16(22-19)17(24)21-15-9-7-14(8-10-15)18(25)26-4/h7-10,12H,5-6,11H2,1-4H3,(H,21,24). The van der Waals surface area contributed by atoms with Crippen LogP contribution >= 0.6 is 0 Å². The highest BCUT2D eigenvalue weighted by atomic mass is 16.5. The summed E-state index contributed by atoms with van der Waals surface area (Å²) < 4.78 is 4.66. The number of amides is 1. The van der Waals surface area contributed by atoms with E-state index < -0.39 is 5.97 Å². The third-order valence-electron chi connectivity index (χ3n) is 3.83. The predicted molar refractivity (Wildman–Crippen MR) is 101 cm³/mol. The Morgan fingerprint density at radius 1 is 1.19 bits per heavy atom. The van der Waals surface area contributed by atoms with Crippen LogP contribution in [0.3, 0.4) is 0 Å². The maximum Gasteiger partial charge on any atom is 0.337 e. The smallest absolute Gasteiger partial charge is 0.337 e. The van der Waals surface area contributed by atoms with Crippen molar-refractivity contribution in [1.29, 1.82) is 0 Å². The first-order chi connectivity index (χ1) is 12.4. The number of carbonyl (C=O) groups is 2. The highest BCUT2D eigenvalue weighted by Gasteiger charge is 2.13. The number of nitrogens with zero attached hydrogens (tertiary/aromatic N) is 3. The maximum absolute atomic E-state index is 12.5. The van der Waals surface area contributed by atoms with E-state index in [-0.39, 0.29) is 5.91 Å². The molecule has 0 aliphatic rings. The first kappa shape index (κ1) is 19.4. The number of anilines is 2. The summed E-state index contributed by atoms with van der Waals surface area (Å²) in [4.78, 5) is 34.7. The molecule has 1 aromatic carbocycles. The lowest BCUT2D eigenvalue weighted by atomic mass is 10.2. The largest absolute Gasteiger partial charge is 0.465 e. The number of rotatable bonds is 7. The summed E-state index contributed by atoms with van der Waals surface area (Å²) in [6.45, 7) is 4.78. The van der Waals surface area contributed by atoms with Gasteiger partial charge in [-0.2, -0.15) is 0 Å². The van der Waals surface area contributed by atoms with Gasteiger partial charge in [0.1, 0.15) is 5.69 Å². The van der Waals surface area contributed by atoms with E-state index in [0.717, 1.165) is 25.1 Å². The second kappa shape index (κ2) is 8.94. The molecule has 26 heavy (non-hydrogen) atoms. The van der Waals surface area contributed by atoms with E-state index in [1.54, 1.807) is 30.3 Å². The van der Waals surface area contributed by atoms with Crippen molar-refractivity contribution in [2.45, 2.75) is 26.7 Å². The monoisotopic (exact) mass is 356 g/mol. The lowest BCUT2D eigenvalue weighted by Gasteiger charge is -2.17. The topological polar surface area (TPSA) is 84.4 Å². The number of benzene rings is 1. The third-order valence-corrected chi connectivity index (χ3v) is 3.83. The van der Waals surface area contributed by atoms with Crippen molar-refractivity contribution in [3.8, 4) is 0 Å². The van der Waals surface area contributed by atoms with Gasteiger partial charge in [0.2, 0.25) is 5.95 Å². The molecule has 1 amide bonds. The Bertz CT molecular complexity index is 775. The van der Waals surface area contributed by atoms with Crippen molar-refractivity contribution >= 4 is 23.5 Å². The van der Waals surface area contributed by atoms with Crippen molar-refractivity contribution in [3.63, 3.8) is 0 Å². The number of methoxy groups -OCH3 is 1. The van der Waals surface area contributed by atoms with Gasteiger partial charge in [0, 0.05) is 25.0 Å². The molecule has 0 unspecified atom stereocenters. The molecule has 0 spiro atoms. The molecular formula is C19H24N4O3. The van der Waals surface area contributed by atoms with Crippen LogP contribution in [0.4, 0.5) is 11.6 Å². The van der Waals surface area contributed by atoms with Gasteiger partial charge in [-0.05, 0) is 43.7 Å². The summed E-state index contributed by atoms with van der Waals surface area (Å²) >= 11 is 0. The first-order valence-corrected chi connectivity index (χ1v) is 8.51. The number of aromatic nitrogens is 2. The lowest BCUT2D eigenvalue weighted by Crippen LogP contribution is -2.23. The second-order valence-corrected chi connectivity index (χ2v) is 5.99. The van der Waals surface area contributed by atoms with Gasteiger partial charge in [0.15, 0.2) is 0 Å². The summed E-state index contributed by atoms with van der Waals surface area (Å²) in [5.41, 5.74) is 2.01. The molecule has 7 nitrogen and oxygen atoms in total. The minimum atomic E-state index is -0.422. The van der Waals surface area contributed by atoms with Crippen molar-refractivity contribution in [2.24, 2.45) is 0 Å². The molecule has 0 aliphatic carbocycles. The Kier molecular flexibility index (Phi) is 6.66. The van der Waals surface area contributed by atoms with Gasteiger partial charge in [-0.25, -0.2) is 14.8 Å². The van der Waals surface area contributed by atoms with E-state index in [4.69, 9.17) is 0 Å². The number of nitrogens with one attached hydrogen (secondary N) is 1. The molecular weight excluding hydrogens is 332 g/mol. The quantitative estimate of drug-likeness (QED) is 0.768. The van der Waals surface area contributed by atoms with Crippen LogP contribution in [-0.2, 0) is 4.74 Å². The molecule has 1 aromatic heterocycles. The molecule has 0 aliphatic heterocycles.